The molecule has 0 aliphatic heterocycles. The predicted octanol–water partition coefficient (Wildman–Crippen LogP) is 5.01. The summed E-state index contributed by atoms with van der Waals surface area (Å²) < 4.78 is 16.2. The van der Waals surface area contributed by atoms with Gasteiger partial charge in [0.05, 0.1) is 42.4 Å². The van der Waals surface area contributed by atoms with E-state index in [2.05, 4.69) is 15.6 Å². The average molecular weight is 534 g/mol. The van der Waals surface area contributed by atoms with E-state index < -0.39 is 5.97 Å². The summed E-state index contributed by atoms with van der Waals surface area (Å²) in [6.07, 6.45) is 3.55. The quantitative estimate of drug-likeness (QED) is 0.214. The third kappa shape index (κ3) is 7.45. The Bertz CT molecular complexity index is 1160. The average Bonchev–Trinajstić information content (AvgIpc) is 2.88. The molecular formula is C25H25Cl2N3O4S. The van der Waals surface area contributed by atoms with Gasteiger partial charge in [-0.15, -0.1) is 0 Å². The molecule has 2 aromatic carbocycles. The molecule has 0 amide bonds. The molecule has 7 nitrogen and oxygen atoms in total. The van der Waals surface area contributed by atoms with Crippen molar-refractivity contribution in [2.75, 3.05) is 27.4 Å². The highest BCUT2D eigenvalue weighted by Crippen LogP contribution is 2.34. The number of thiocarbonyl (C=S) groups is 1. The van der Waals surface area contributed by atoms with Crippen molar-refractivity contribution in [1.82, 2.24) is 15.6 Å². The Balaban J connectivity index is 1.68. The molecule has 0 radical (unpaired) electrons. The summed E-state index contributed by atoms with van der Waals surface area (Å²) >= 11 is 18.3. The zero-order valence-electron chi connectivity index (χ0n) is 19.2. The fourth-order valence-corrected chi connectivity index (χ4v) is 4.06. The molecule has 0 aliphatic rings. The Morgan fingerprint density at radius 1 is 1.09 bits per heavy atom. The largest absolute Gasteiger partial charge is 0.497 e. The highest BCUT2D eigenvalue weighted by Gasteiger charge is 2.20. The fourth-order valence-electron chi connectivity index (χ4n) is 3.38. The van der Waals surface area contributed by atoms with E-state index in [4.69, 9.17) is 49.6 Å². The van der Waals surface area contributed by atoms with Crippen LogP contribution in [0.1, 0.15) is 27.5 Å². The maximum absolute atomic E-state index is 12.1. The molecule has 1 aromatic heterocycles. The number of nitrogens with one attached hydrogen (secondary N) is 2. The molecule has 0 fully saturated rings. The summed E-state index contributed by atoms with van der Waals surface area (Å²) in [5.41, 5.74) is 2.11. The van der Waals surface area contributed by atoms with Crippen molar-refractivity contribution in [2.24, 2.45) is 0 Å². The second-order valence-corrected chi connectivity index (χ2v) is 8.54. The van der Waals surface area contributed by atoms with E-state index in [1.165, 1.54) is 12.4 Å². The van der Waals surface area contributed by atoms with Crippen LogP contribution in [0.25, 0.3) is 0 Å². The second kappa shape index (κ2) is 13.1. The van der Waals surface area contributed by atoms with E-state index in [0.717, 1.165) is 11.1 Å². The van der Waals surface area contributed by atoms with E-state index in [1.807, 2.05) is 30.3 Å². The molecular weight excluding hydrogens is 509 g/mol. The third-order valence-electron chi connectivity index (χ3n) is 5.11. The van der Waals surface area contributed by atoms with Gasteiger partial charge in [-0.05, 0) is 54.2 Å². The molecule has 0 spiro atoms. The normalized spacial score (nSPS) is 11.3. The summed E-state index contributed by atoms with van der Waals surface area (Å²) in [4.78, 5) is 15.9. The smallest absolute Gasteiger partial charge is 0.338 e. The van der Waals surface area contributed by atoms with E-state index in [0.29, 0.717) is 45.2 Å². The lowest BCUT2D eigenvalue weighted by Gasteiger charge is -2.24. The van der Waals surface area contributed by atoms with Crippen LogP contribution in [0.15, 0.2) is 60.9 Å². The molecule has 10 heteroatoms. The molecule has 1 atom stereocenters. The summed E-state index contributed by atoms with van der Waals surface area (Å²) in [5, 5.41) is 7.59. The number of pyridine rings is 1. The van der Waals surface area contributed by atoms with Gasteiger partial charge in [-0.1, -0.05) is 35.3 Å². The van der Waals surface area contributed by atoms with Gasteiger partial charge in [0.1, 0.15) is 18.1 Å². The molecule has 1 unspecified atom stereocenters. The van der Waals surface area contributed by atoms with Crippen molar-refractivity contribution in [3.05, 3.63) is 87.7 Å². The van der Waals surface area contributed by atoms with Crippen LogP contribution in [0.3, 0.4) is 0 Å². The van der Waals surface area contributed by atoms with Gasteiger partial charge in [-0.3, -0.25) is 4.98 Å². The first-order valence-corrected chi connectivity index (χ1v) is 11.9. The van der Waals surface area contributed by atoms with Crippen LogP contribution < -0.4 is 20.1 Å². The standard InChI is InChI=1S/C25H25Cl2N3O4S/c1-32-18-6-7-22(33-2)17(14-18)15-21(19-4-3-5-20(26)23(19)27)30-25(35)29-12-13-34-24(31)16-8-10-28-11-9-16/h3-11,14,21H,12-13,15H2,1-2H3,(H2,29,30,35). The number of nitrogens with zero attached hydrogens (tertiary/aromatic N) is 1. The Morgan fingerprint density at radius 3 is 2.57 bits per heavy atom. The maximum Gasteiger partial charge on any atom is 0.338 e. The number of rotatable bonds is 10. The SMILES string of the molecule is COc1ccc(OC)c(CC(NC(=S)NCCOC(=O)c2ccncc2)c2cccc(Cl)c2Cl)c1. The number of methoxy groups -OCH3 is 2. The van der Waals surface area contributed by atoms with E-state index in [1.54, 1.807) is 32.4 Å². The zero-order valence-corrected chi connectivity index (χ0v) is 21.5. The number of aromatic nitrogens is 1. The van der Waals surface area contributed by atoms with Gasteiger partial charge >= 0.3 is 5.97 Å². The Labute approximate surface area is 219 Å². The van der Waals surface area contributed by atoms with Crippen LogP contribution in [0, 0.1) is 0 Å². The van der Waals surface area contributed by atoms with Crippen LogP contribution >= 0.6 is 35.4 Å². The minimum Gasteiger partial charge on any atom is -0.497 e. The summed E-state index contributed by atoms with van der Waals surface area (Å²) in [5.74, 6) is 0.980. The van der Waals surface area contributed by atoms with Crippen molar-refractivity contribution in [2.45, 2.75) is 12.5 Å². The number of carbonyl (C=O) groups is 1. The summed E-state index contributed by atoms with van der Waals surface area (Å²) in [6.45, 7) is 0.455. The van der Waals surface area contributed by atoms with E-state index in [-0.39, 0.29) is 12.6 Å². The molecule has 2 N–H and O–H groups in total. The van der Waals surface area contributed by atoms with Gasteiger partial charge in [0, 0.05) is 24.4 Å². The van der Waals surface area contributed by atoms with Crippen LogP contribution in [0.4, 0.5) is 0 Å². The molecule has 3 aromatic rings. The van der Waals surface area contributed by atoms with Gasteiger partial charge in [0.25, 0.3) is 0 Å². The van der Waals surface area contributed by atoms with Gasteiger partial charge in [-0.25, -0.2) is 4.79 Å². The van der Waals surface area contributed by atoms with Crippen LogP contribution in [-0.4, -0.2) is 43.4 Å². The Kier molecular flexibility index (Phi) is 9.96. The molecule has 1 heterocycles. The van der Waals surface area contributed by atoms with Crippen molar-refractivity contribution in [3.63, 3.8) is 0 Å². The number of halogens is 2. The molecule has 35 heavy (non-hydrogen) atoms. The highest BCUT2D eigenvalue weighted by atomic mass is 35.5. The van der Waals surface area contributed by atoms with Crippen molar-refractivity contribution >= 4 is 46.5 Å². The number of benzene rings is 2. The third-order valence-corrected chi connectivity index (χ3v) is 6.21. The van der Waals surface area contributed by atoms with Crippen molar-refractivity contribution in [3.8, 4) is 11.5 Å². The lowest BCUT2D eigenvalue weighted by molar-refractivity contribution is 0.0512. The van der Waals surface area contributed by atoms with Crippen molar-refractivity contribution < 1.29 is 19.0 Å². The predicted molar refractivity (Wildman–Crippen MR) is 141 cm³/mol. The first-order chi connectivity index (χ1) is 16.9. The van der Waals surface area contributed by atoms with E-state index >= 15 is 0 Å². The second-order valence-electron chi connectivity index (χ2n) is 7.35. The van der Waals surface area contributed by atoms with Crippen LogP contribution in [0.2, 0.25) is 10.0 Å². The first-order valence-electron chi connectivity index (χ1n) is 10.7. The topological polar surface area (TPSA) is 81.7 Å². The number of esters is 1. The monoisotopic (exact) mass is 533 g/mol. The molecule has 184 valence electrons. The minimum absolute atomic E-state index is 0.134. The van der Waals surface area contributed by atoms with Gasteiger partial charge in [0.15, 0.2) is 5.11 Å². The fraction of sp³-hybridized carbons (Fsp3) is 0.240. The number of carbonyl (C=O) groups excluding carboxylic acids is 1. The minimum atomic E-state index is -0.429. The molecule has 0 saturated heterocycles. The van der Waals surface area contributed by atoms with Crippen molar-refractivity contribution in [1.29, 1.82) is 0 Å². The first kappa shape index (κ1) is 26.5. The maximum atomic E-state index is 12.1. The summed E-state index contributed by atoms with van der Waals surface area (Å²) in [6, 6.07) is 13.9. The summed E-state index contributed by atoms with van der Waals surface area (Å²) in [7, 11) is 3.22. The Morgan fingerprint density at radius 2 is 1.86 bits per heavy atom. The lowest BCUT2D eigenvalue weighted by atomic mass is 9.98. The van der Waals surface area contributed by atoms with Gasteiger partial charge < -0.3 is 24.8 Å². The van der Waals surface area contributed by atoms with Crippen LogP contribution in [0.5, 0.6) is 11.5 Å². The molecule has 0 aliphatic carbocycles. The molecule has 0 saturated carbocycles. The zero-order chi connectivity index (χ0) is 25.2. The number of ether oxygens (including phenoxy) is 3. The van der Waals surface area contributed by atoms with Crippen LogP contribution in [-0.2, 0) is 11.2 Å². The number of hydrogen-bond donors (Lipinski definition) is 2. The number of hydrogen-bond acceptors (Lipinski definition) is 6. The molecule has 0 bridgehead atoms. The van der Waals surface area contributed by atoms with E-state index in [9.17, 15) is 4.79 Å². The highest BCUT2D eigenvalue weighted by molar-refractivity contribution is 7.80. The van der Waals surface area contributed by atoms with Gasteiger partial charge in [0.2, 0.25) is 0 Å². The molecule has 3 rings (SSSR count). The lowest BCUT2D eigenvalue weighted by Crippen LogP contribution is -2.40. The Hall–Kier alpha value is -3.07. The van der Waals surface area contributed by atoms with Gasteiger partial charge in [-0.2, -0.15) is 0 Å².